The zero-order chi connectivity index (χ0) is 11.2. The molecule has 0 saturated heterocycles. The molecular formula is C11H14BrN3. The van der Waals surface area contributed by atoms with Crippen LogP contribution in [0.2, 0.25) is 0 Å². The average molecular weight is 268 g/mol. The predicted molar refractivity (Wildman–Crippen MR) is 64.1 cm³/mol. The fourth-order valence-corrected chi connectivity index (χ4v) is 1.72. The normalized spacial score (nSPS) is 12.3. The lowest BCUT2D eigenvalue weighted by Crippen LogP contribution is -2.11. The lowest BCUT2D eigenvalue weighted by Gasteiger charge is -2.13. The third kappa shape index (κ3) is 1.78. The summed E-state index contributed by atoms with van der Waals surface area (Å²) in [7, 11) is 0. The Bertz CT molecular complexity index is 508. The van der Waals surface area contributed by atoms with E-state index >= 15 is 0 Å². The number of aromatic nitrogens is 3. The van der Waals surface area contributed by atoms with Crippen molar-refractivity contribution >= 4 is 21.6 Å². The van der Waals surface area contributed by atoms with Gasteiger partial charge in [-0.25, -0.2) is 9.97 Å². The molecule has 0 aliphatic carbocycles. The summed E-state index contributed by atoms with van der Waals surface area (Å²) >= 11 is 3.42. The number of fused-ring (bicyclic) bond motifs is 1. The van der Waals surface area contributed by atoms with Crippen molar-refractivity contribution in [3.8, 4) is 0 Å². The van der Waals surface area contributed by atoms with Crippen LogP contribution in [-0.4, -0.2) is 14.4 Å². The molecule has 0 aliphatic rings. The van der Waals surface area contributed by atoms with Gasteiger partial charge in [0.2, 0.25) is 0 Å². The summed E-state index contributed by atoms with van der Waals surface area (Å²) in [5, 5.41) is 0. The first-order chi connectivity index (χ1) is 6.89. The SMILES string of the molecule is Cc1c(Br)ncc2nc(C(C)(C)C)cn12. The third-order valence-electron chi connectivity index (χ3n) is 2.45. The van der Waals surface area contributed by atoms with Crippen LogP contribution in [0.1, 0.15) is 32.2 Å². The van der Waals surface area contributed by atoms with Crippen molar-refractivity contribution in [2.24, 2.45) is 0 Å². The summed E-state index contributed by atoms with van der Waals surface area (Å²) in [6, 6.07) is 0. The molecule has 0 bridgehead atoms. The topological polar surface area (TPSA) is 30.2 Å². The van der Waals surface area contributed by atoms with Gasteiger partial charge in [-0.2, -0.15) is 0 Å². The highest BCUT2D eigenvalue weighted by Crippen LogP contribution is 2.23. The molecule has 2 aromatic heterocycles. The number of aryl methyl sites for hydroxylation is 1. The fourth-order valence-electron chi connectivity index (χ4n) is 1.42. The molecule has 0 unspecified atom stereocenters. The van der Waals surface area contributed by atoms with Crippen LogP contribution in [0.5, 0.6) is 0 Å². The number of hydrogen-bond acceptors (Lipinski definition) is 2. The lowest BCUT2D eigenvalue weighted by atomic mass is 9.93. The highest BCUT2D eigenvalue weighted by atomic mass is 79.9. The van der Waals surface area contributed by atoms with Crippen LogP contribution >= 0.6 is 15.9 Å². The molecule has 0 radical (unpaired) electrons. The molecule has 2 heterocycles. The molecule has 2 rings (SSSR count). The molecule has 0 atom stereocenters. The van der Waals surface area contributed by atoms with Crippen molar-refractivity contribution in [3.63, 3.8) is 0 Å². The van der Waals surface area contributed by atoms with E-state index in [1.54, 1.807) is 6.20 Å². The summed E-state index contributed by atoms with van der Waals surface area (Å²) in [5.74, 6) is 0. The van der Waals surface area contributed by atoms with Crippen LogP contribution < -0.4 is 0 Å². The first-order valence-corrected chi connectivity index (χ1v) is 5.69. The van der Waals surface area contributed by atoms with Gasteiger partial charge in [-0.3, -0.25) is 0 Å². The highest BCUT2D eigenvalue weighted by molar-refractivity contribution is 9.10. The fraction of sp³-hybridized carbons (Fsp3) is 0.455. The monoisotopic (exact) mass is 267 g/mol. The Morgan fingerprint density at radius 3 is 2.60 bits per heavy atom. The summed E-state index contributed by atoms with van der Waals surface area (Å²) in [5.41, 5.74) is 3.15. The molecule has 0 amide bonds. The molecule has 0 N–H and O–H groups in total. The van der Waals surface area contributed by atoms with E-state index in [9.17, 15) is 0 Å². The van der Waals surface area contributed by atoms with E-state index in [1.807, 2.05) is 6.92 Å². The molecule has 0 saturated carbocycles. The highest BCUT2D eigenvalue weighted by Gasteiger charge is 2.18. The first-order valence-electron chi connectivity index (χ1n) is 4.90. The summed E-state index contributed by atoms with van der Waals surface area (Å²) in [4.78, 5) is 8.80. The van der Waals surface area contributed by atoms with E-state index in [0.717, 1.165) is 21.6 Å². The summed E-state index contributed by atoms with van der Waals surface area (Å²) < 4.78 is 2.94. The van der Waals surface area contributed by atoms with E-state index in [4.69, 9.17) is 0 Å². The van der Waals surface area contributed by atoms with Crippen LogP contribution in [0.3, 0.4) is 0 Å². The molecule has 0 aliphatic heterocycles. The molecule has 2 aromatic rings. The lowest BCUT2D eigenvalue weighted by molar-refractivity contribution is 0.573. The standard InChI is InChI=1S/C11H14BrN3/c1-7-10(12)13-5-9-14-8(6-15(7)9)11(2,3)4/h5-6H,1-4H3. The number of rotatable bonds is 0. The molecule has 0 aromatic carbocycles. The van der Waals surface area contributed by atoms with Crippen molar-refractivity contribution in [2.75, 3.05) is 0 Å². The minimum absolute atomic E-state index is 0.0743. The van der Waals surface area contributed by atoms with Crippen LogP contribution in [0, 0.1) is 6.92 Å². The quantitative estimate of drug-likeness (QED) is 0.735. The minimum Gasteiger partial charge on any atom is -0.300 e. The maximum Gasteiger partial charge on any atom is 0.155 e. The maximum absolute atomic E-state index is 4.57. The van der Waals surface area contributed by atoms with Crippen LogP contribution in [-0.2, 0) is 5.41 Å². The van der Waals surface area contributed by atoms with Gasteiger partial charge in [-0.15, -0.1) is 0 Å². The van der Waals surface area contributed by atoms with Crippen molar-refractivity contribution < 1.29 is 0 Å². The third-order valence-corrected chi connectivity index (χ3v) is 3.23. The molecule has 0 spiro atoms. The zero-order valence-corrected chi connectivity index (χ0v) is 11.0. The Labute approximate surface area is 97.7 Å². The molecule has 4 heteroatoms. The van der Waals surface area contributed by atoms with Gasteiger partial charge in [0.15, 0.2) is 5.65 Å². The van der Waals surface area contributed by atoms with Gasteiger partial charge in [0.1, 0.15) is 4.60 Å². The maximum atomic E-state index is 4.57. The van der Waals surface area contributed by atoms with Crippen molar-refractivity contribution in [3.05, 3.63) is 28.4 Å². The second-order valence-corrected chi connectivity index (χ2v) is 5.49. The van der Waals surface area contributed by atoms with E-state index < -0.39 is 0 Å². The van der Waals surface area contributed by atoms with Crippen LogP contribution in [0.25, 0.3) is 5.65 Å². The van der Waals surface area contributed by atoms with Crippen molar-refractivity contribution in [1.29, 1.82) is 0 Å². The molecule has 15 heavy (non-hydrogen) atoms. The second kappa shape index (κ2) is 3.30. The number of nitrogens with zero attached hydrogens (tertiary/aromatic N) is 3. The second-order valence-electron chi connectivity index (χ2n) is 4.74. The van der Waals surface area contributed by atoms with Crippen molar-refractivity contribution in [1.82, 2.24) is 14.4 Å². The molecule has 80 valence electrons. The molecule has 3 nitrogen and oxygen atoms in total. The summed E-state index contributed by atoms with van der Waals surface area (Å²) in [6.45, 7) is 8.50. The number of imidazole rings is 1. The van der Waals surface area contributed by atoms with Gasteiger partial charge in [-0.05, 0) is 22.9 Å². The van der Waals surface area contributed by atoms with E-state index in [0.29, 0.717) is 0 Å². The van der Waals surface area contributed by atoms with Crippen LogP contribution in [0.15, 0.2) is 17.0 Å². The van der Waals surface area contributed by atoms with Gasteiger partial charge < -0.3 is 4.40 Å². The summed E-state index contributed by atoms with van der Waals surface area (Å²) in [6.07, 6.45) is 3.86. The smallest absolute Gasteiger partial charge is 0.155 e. The predicted octanol–water partition coefficient (Wildman–Crippen LogP) is 3.10. The Kier molecular flexibility index (Phi) is 2.34. The Morgan fingerprint density at radius 2 is 2.00 bits per heavy atom. The average Bonchev–Trinajstić information content (AvgIpc) is 2.55. The Hall–Kier alpha value is -0.900. The number of hydrogen-bond donors (Lipinski definition) is 0. The first kappa shape index (κ1) is 10.6. The minimum atomic E-state index is 0.0743. The number of halogens is 1. The van der Waals surface area contributed by atoms with E-state index in [1.165, 1.54) is 0 Å². The molecule has 0 fully saturated rings. The van der Waals surface area contributed by atoms with Gasteiger partial charge in [0.25, 0.3) is 0 Å². The van der Waals surface area contributed by atoms with Gasteiger partial charge >= 0.3 is 0 Å². The Morgan fingerprint density at radius 1 is 1.33 bits per heavy atom. The zero-order valence-electron chi connectivity index (χ0n) is 9.37. The van der Waals surface area contributed by atoms with Crippen LogP contribution in [0.4, 0.5) is 0 Å². The molecular weight excluding hydrogens is 254 g/mol. The van der Waals surface area contributed by atoms with Gasteiger partial charge in [-0.1, -0.05) is 20.8 Å². The van der Waals surface area contributed by atoms with E-state index in [-0.39, 0.29) is 5.41 Å². The van der Waals surface area contributed by atoms with E-state index in [2.05, 4.69) is 57.3 Å². The van der Waals surface area contributed by atoms with Crippen molar-refractivity contribution in [2.45, 2.75) is 33.1 Å². The Balaban J connectivity index is 2.72. The largest absolute Gasteiger partial charge is 0.300 e. The van der Waals surface area contributed by atoms with Gasteiger partial charge in [0.05, 0.1) is 17.6 Å². The van der Waals surface area contributed by atoms with Gasteiger partial charge in [0, 0.05) is 11.6 Å².